The Bertz CT molecular complexity index is 573. The number of benzene rings is 1. The predicted octanol–water partition coefficient (Wildman–Crippen LogP) is 2.33. The fraction of sp³-hybridized carbons (Fsp3) is 0.312. The van der Waals surface area contributed by atoms with E-state index in [1.165, 1.54) is 6.07 Å². The third kappa shape index (κ3) is 3.37. The van der Waals surface area contributed by atoms with Crippen molar-refractivity contribution >= 4 is 0 Å². The maximum absolute atomic E-state index is 13.8. The van der Waals surface area contributed by atoms with Gasteiger partial charge in [0.25, 0.3) is 0 Å². The van der Waals surface area contributed by atoms with Crippen LogP contribution >= 0.6 is 0 Å². The third-order valence-electron chi connectivity index (χ3n) is 3.36. The number of pyridine rings is 1. The number of nitrogens with one attached hydrogen (secondary N) is 1. The molecule has 4 nitrogen and oxygen atoms in total. The van der Waals surface area contributed by atoms with Crippen LogP contribution in [0.4, 0.5) is 4.39 Å². The van der Waals surface area contributed by atoms with E-state index in [4.69, 9.17) is 9.47 Å². The van der Waals surface area contributed by atoms with Gasteiger partial charge in [-0.1, -0.05) is 18.2 Å². The van der Waals surface area contributed by atoms with Crippen molar-refractivity contribution in [3.8, 4) is 5.75 Å². The largest absolute Gasteiger partial charge is 0.478 e. The summed E-state index contributed by atoms with van der Waals surface area (Å²) in [5.74, 6) is -0.176. The number of hydrogen-bond donors (Lipinski definition) is 1. The van der Waals surface area contributed by atoms with Crippen LogP contribution in [-0.4, -0.2) is 30.8 Å². The molecule has 3 rings (SSSR count). The summed E-state index contributed by atoms with van der Waals surface area (Å²) in [5.41, 5.74) is 0.731. The highest BCUT2D eigenvalue weighted by Crippen LogP contribution is 2.27. The Kier molecular flexibility index (Phi) is 4.43. The van der Waals surface area contributed by atoms with Crippen molar-refractivity contribution in [2.45, 2.75) is 12.2 Å². The molecule has 5 heteroatoms. The predicted molar refractivity (Wildman–Crippen MR) is 76.6 cm³/mol. The van der Waals surface area contributed by atoms with Crippen molar-refractivity contribution < 1.29 is 13.9 Å². The maximum atomic E-state index is 13.8. The first-order valence-corrected chi connectivity index (χ1v) is 6.99. The molecule has 0 saturated carbocycles. The molecule has 2 aromatic rings. The van der Waals surface area contributed by atoms with E-state index in [0.29, 0.717) is 13.2 Å². The topological polar surface area (TPSA) is 43.4 Å². The van der Waals surface area contributed by atoms with Gasteiger partial charge in [-0.05, 0) is 24.3 Å². The Morgan fingerprint density at radius 3 is 2.81 bits per heavy atom. The molecule has 1 aliphatic heterocycles. The summed E-state index contributed by atoms with van der Waals surface area (Å²) in [6.45, 7) is 2.06. The van der Waals surface area contributed by atoms with Crippen molar-refractivity contribution in [2.24, 2.45) is 0 Å². The third-order valence-corrected chi connectivity index (χ3v) is 3.36. The Morgan fingerprint density at radius 2 is 2.10 bits per heavy atom. The van der Waals surface area contributed by atoms with Gasteiger partial charge in [0.15, 0.2) is 17.7 Å². The van der Waals surface area contributed by atoms with Crippen molar-refractivity contribution in [3.05, 3.63) is 60.2 Å². The SMILES string of the molecule is Fc1ccccc1O[C@H](c1ccccn1)[C@@H]1CNCCO1. The highest BCUT2D eigenvalue weighted by molar-refractivity contribution is 5.25. The minimum atomic E-state index is -0.448. The van der Waals surface area contributed by atoms with E-state index in [1.807, 2.05) is 18.2 Å². The van der Waals surface area contributed by atoms with Gasteiger partial charge >= 0.3 is 0 Å². The van der Waals surface area contributed by atoms with E-state index in [-0.39, 0.29) is 17.7 Å². The van der Waals surface area contributed by atoms with Crippen LogP contribution in [0.3, 0.4) is 0 Å². The highest BCUT2D eigenvalue weighted by atomic mass is 19.1. The van der Waals surface area contributed by atoms with Gasteiger partial charge in [-0.3, -0.25) is 4.98 Å². The van der Waals surface area contributed by atoms with Gasteiger partial charge in [0, 0.05) is 19.3 Å². The lowest BCUT2D eigenvalue weighted by Gasteiger charge is -2.31. The Morgan fingerprint density at radius 1 is 1.24 bits per heavy atom. The summed E-state index contributed by atoms with van der Waals surface area (Å²) in [6.07, 6.45) is 1.05. The summed E-state index contributed by atoms with van der Waals surface area (Å²) < 4.78 is 25.5. The van der Waals surface area contributed by atoms with E-state index >= 15 is 0 Å². The van der Waals surface area contributed by atoms with Gasteiger partial charge in [0.1, 0.15) is 6.10 Å². The normalized spacial score (nSPS) is 20.0. The lowest BCUT2D eigenvalue weighted by molar-refractivity contribution is -0.0457. The molecule has 1 aromatic heterocycles. The van der Waals surface area contributed by atoms with Crippen LogP contribution in [0.5, 0.6) is 5.75 Å². The van der Waals surface area contributed by atoms with Gasteiger partial charge in [-0.15, -0.1) is 0 Å². The average molecular weight is 288 g/mol. The van der Waals surface area contributed by atoms with Crippen LogP contribution in [-0.2, 0) is 4.74 Å². The molecule has 0 radical (unpaired) electrons. The monoisotopic (exact) mass is 288 g/mol. The second-order valence-electron chi connectivity index (χ2n) is 4.84. The second-order valence-corrected chi connectivity index (χ2v) is 4.84. The molecular weight excluding hydrogens is 271 g/mol. The molecule has 0 spiro atoms. The first-order chi connectivity index (χ1) is 10.3. The molecule has 1 aromatic carbocycles. The standard InChI is InChI=1S/C16H17FN2O2/c17-12-5-1-2-7-14(12)21-16(13-6-3-4-8-19-13)15-11-18-9-10-20-15/h1-8,15-16,18H,9-11H2/t15-,16+/m0/s1. The molecule has 110 valence electrons. The van der Waals surface area contributed by atoms with E-state index < -0.39 is 6.10 Å². The van der Waals surface area contributed by atoms with Crippen LogP contribution in [0, 0.1) is 5.82 Å². The number of rotatable bonds is 4. The molecular formula is C16H17FN2O2. The zero-order valence-electron chi connectivity index (χ0n) is 11.5. The van der Waals surface area contributed by atoms with Gasteiger partial charge < -0.3 is 14.8 Å². The molecule has 21 heavy (non-hydrogen) atoms. The molecule has 1 aliphatic rings. The summed E-state index contributed by atoms with van der Waals surface area (Å²) in [6, 6.07) is 12.0. The van der Waals surface area contributed by atoms with Crippen molar-refractivity contribution in [3.63, 3.8) is 0 Å². The summed E-state index contributed by atoms with van der Waals surface area (Å²) in [5, 5.41) is 3.26. The fourth-order valence-electron chi connectivity index (χ4n) is 2.33. The van der Waals surface area contributed by atoms with E-state index in [0.717, 1.165) is 12.2 Å². The van der Waals surface area contributed by atoms with Crippen molar-refractivity contribution in [1.29, 1.82) is 0 Å². The lowest BCUT2D eigenvalue weighted by Crippen LogP contribution is -2.43. The Hall–Kier alpha value is -1.98. The molecule has 1 fully saturated rings. The van der Waals surface area contributed by atoms with Crippen LogP contribution < -0.4 is 10.1 Å². The smallest absolute Gasteiger partial charge is 0.168 e. The van der Waals surface area contributed by atoms with Gasteiger partial charge in [0.2, 0.25) is 0 Å². The molecule has 2 heterocycles. The summed E-state index contributed by atoms with van der Waals surface area (Å²) >= 11 is 0. The van der Waals surface area contributed by atoms with Gasteiger partial charge in [-0.25, -0.2) is 4.39 Å². The fourth-order valence-corrected chi connectivity index (χ4v) is 2.33. The van der Waals surface area contributed by atoms with Crippen LogP contribution in [0.2, 0.25) is 0 Å². The summed E-state index contributed by atoms with van der Waals surface area (Å²) in [7, 11) is 0. The van der Waals surface area contributed by atoms with E-state index in [9.17, 15) is 4.39 Å². The first kappa shape index (κ1) is 14.0. The Balaban J connectivity index is 1.87. The molecule has 1 saturated heterocycles. The van der Waals surface area contributed by atoms with Gasteiger partial charge in [0.05, 0.1) is 12.3 Å². The first-order valence-electron chi connectivity index (χ1n) is 6.99. The maximum Gasteiger partial charge on any atom is 0.168 e. The number of para-hydroxylation sites is 1. The zero-order valence-corrected chi connectivity index (χ0v) is 11.5. The number of ether oxygens (including phenoxy) is 2. The highest BCUT2D eigenvalue weighted by Gasteiger charge is 2.29. The van der Waals surface area contributed by atoms with E-state index in [1.54, 1.807) is 24.4 Å². The number of halogens is 1. The Labute approximate surface area is 122 Å². The van der Waals surface area contributed by atoms with E-state index in [2.05, 4.69) is 10.3 Å². The van der Waals surface area contributed by atoms with Crippen LogP contribution in [0.1, 0.15) is 11.8 Å². The van der Waals surface area contributed by atoms with Gasteiger partial charge in [-0.2, -0.15) is 0 Å². The minimum Gasteiger partial charge on any atom is -0.478 e. The molecule has 0 aliphatic carbocycles. The molecule has 2 atom stereocenters. The molecule has 1 N–H and O–H groups in total. The number of nitrogens with zero attached hydrogens (tertiary/aromatic N) is 1. The number of aromatic nitrogens is 1. The number of hydrogen-bond acceptors (Lipinski definition) is 4. The average Bonchev–Trinajstić information content (AvgIpc) is 2.56. The van der Waals surface area contributed by atoms with Crippen LogP contribution in [0.25, 0.3) is 0 Å². The minimum absolute atomic E-state index is 0.201. The zero-order chi connectivity index (χ0) is 14.5. The molecule has 0 unspecified atom stereocenters. The second kappa shape index (κ2) is 6.65. The van der Waals surface area contributed by atoms with Crippen molar-refractivity contribution in [1.82, 2.24) is 10.3 Å². The molecule has 0 amide bonds. The quantitative estimate of drug-likeness (QED) is 0.937. The van der Waals surface area contributed by atoms with Crippen LogP contribution in [0.15, 0.2) is 48.7 Å². The summed E-state index contributed by atoms with van der Waals surface area (Å²) in [4.78, 5) is 4.32. The molecule has 0 bridgehead atoms. The number of morpholine rings is 1. The lowest BCUT2D eigenvalue weighted by atomic mass is 10.1. The van der Waals surface area contributed by atoms with Crippen molar-refractivity contribution in [2.75, 3.05) is 19.7 Å².